The highest BCUT2D eigenvalue weighted by atomic mass is 32.1. The number of hydrogen-bond donors (Lipinski definition) is 1. The van der Waals surface area contributed by atoms with Gasteiger partial charge in [0.05, 0.1) is 18.6 Å². The Labute approximate surface area is 125 Å². The van der Waals surface area contributed by atoms with E-state index in [1.807, 2.05) is 0 Å². The Hall–Kier alpha value is -1.50. The summed E-state index contributed by atoms with van der Waals surface area (Å²) in [5.41, 5.74) is 1.17. The lowest BCUT2D eigenvalue weighted by molar-refractivity contribution is -0.128. The highest BCUT2D eigenvalue weighted by Crippen LogP contribution is 2.37. The number of carbonyl (C=O) groups is 2. The normalized spacial score (nSPS) is 17.1. The van der Waals surface area contributed by atoms with Gasteiger partial charge in [0, 0.05) is 23.8 Å². The number of aryl methyl sites for hydroxylation is 1. The third-order valence-electron chi connectivity index (χ3n) is 3.31. The minimum Gasteiger partial charge on any atom is -0.462 e. The number of esters is 1. The topological polar surface area (TPSA) is 55.4 Å². The predicted molar refractivity (Wildman–Crippen MR) is 74.8 cm³/mol. The molecule has 1 N–H and O–H groups in total. The molecule has 4 nitrogen and oxygen atoms in total. The molecule has 0 bridgehead atoms. The first-order valence-electron chi connectivity index (χ1n) is 6.73. The van der Waals surface area contributed by atoms with E-state index in [9.17, 15) is 18.4 Å². The predicted octanol–water partition coefficient (Wildman–Crippen LogP) is 2.69. The van der Waals surface area contributed by atoms with Crippen molar-refractivity contribution in [3.63, 3.8) is 0 Å². The molecule has 0 aromatic carbocycles. The molecule has 0 spiro atoms. The van der Waals surface area contributed by atoms with Crippen LogP contribution < -0.4 is 5.32 Å². The van der Waals surface area contributed by atoms with Gasteiger partial charge in [-0.15, -0.1) is 11.3 Å². The second-order valence-corrected chi connectivity index (χ2v) is 6.11. The Morgan fingerprint density at radius 1 is 1.48 bits per heavy atom. The van der Waals surface area contributed by atoms with Gasteiger partial charge in [-0.3, -0.25) is 4.79 Å². The van der Waals surface area contributed by atoms with Crippen molar-refractivity contribution in [3.8, 4) is 0 Å². The minimum absolute atomic E-state index is 0.00866. The summed E-state index contributed by atoms with van der Waals surface area (Å²) in [5, 5.41) is 4.35. The minimum atomic E-state index is -2.66. The Kier molecular flexibility index (Phi) is 4.61. The van der Waals surface area contributed by atoms with Crippen molar-refractivity contribution < 1.29 is 23.1 Å². The first-order valence-corrected chi connectivity index (χ1v) is 7.61. The van der Waals surface area contributed by atoms with Gasteiger partial charge in [-0.2, -0.15) is 0 Å². The largest absolute Gasteiger partial charge is 0.462 e. The Balaban J connectivity index is 1.97. The lowest BCUT2D eigenvalue weighted by atomic mass is 9.88. The van der Waals surface area contributed by atoms with Crippen molar-refractivity contribution in [2.75, 3.05) is 6.61 Å². The van der Waals surface area contributed by atoms with Gasteiger partial charge in [0.15, 0.2) is 0 Å². The molecule has 0 atom stereocenters. The SMILES string of the molecule is CCOC(=O)c1c(C)csc1CC(=O)NC1CC(F)(F)C1. The van der Waals surface area contributed by atoms with Crippen LogP contribution in [0.4, 0.5) is 8.78 Å². The van der Waals surface area contributed by atoms with Gasteiger partial charge in [0.2, 0.25) is 5.91 Å². The number of amides is 1. The second kappa shape index (κ2) is 6.09. The Bertz CT molecular complexity index is 548. The zero-order valence-corrected chi connectivity index (χ0v) is 12.7. The van der Waals surface area contributed by atoms with E-state index in [2.05, 4.69) is 5.32 Å². The van der Waals surface area contributed by atoms with E-state index in [-0.39, 0.29) is 31.8 Å². The van der Waals surface area contributed by atoms with Crippen LogP contribution in [0.2, 0.25) is 0 Å². The van der Waals surface area contributed by atoms with Gasteiger partial charge in [-0.25, -0.2) is 13.6 Å². The molecule has 0 radical (unpaired) electrons. The molecule has 0 aliphatic heterocycles. The van der Waals surface area contributed by atoms with Crippen molar-refractivity contribution in [3.05, 3.63) is 21.4 Å². The van der Waals surface area contributed by atoms with E-state index in [1.165, 1.54) is 11.3 Å². The molecule has 0 saturated heterocycles. The number of thiophene rings is 1. The van der Waals surface area contributed by atoms with Gasteiger partial charge >= 0.3 is 5.97 Å². The summed E-state index contributed by atoms with van der Waals surface area (Å²) in [6.45, 7) is 3.75. The van der Waals surface area contributed by atoms with Gasteiger partial charge in [-0.1, -0.05) is 0 Å². The number of halogens is 2. The first-order chi connectivity index (χ1) is 9.82. The molecule has 1 amide bonds. The van der Waals surface area contributed by atoms with Crippen molar-refractivity contribution in [1.82, 2.24) is 5.32 Å². The van der Waals surface area contributed by atoms with Crippen LogP contribution in [-0.2, 0) is 16.0 Å². The number of nitrogens with one attached hydrogen (secondary N) is 1. The maximum Gasteiger partial charge on any atom is 0.339 e. The Morgan fingerprint density at radius 3 is 2.71 bits per heavy atom. The highest BCUT2D eigenvalue weighted by molar-refractivity contribution is 7.10. The van der Waals surface area contributed by atoms with Crippen LogP contribution >= 0.6 is 11.3 Å². The summed E-state index contributed by atoms with van der Waals surface area (Å²) in [4.78, 5) is 24.3. The number of alkyl halides is 2. The molecule has 1 saturated carbocycles. The summed E-state index contributed by atoms with van der Waals surface area (Å²) < 4.78 is 30.4. The van der Waals surface area contributed by atoms with Crippen LogP contribution in [0.15, 0.2) is 5.38 Å². The van der Waals surface area contributed by atoms with Gasteiger partial charge in [0.25, 0.3) is 5.92 Å². The monoisotopic (exact) mass is 317 g/mol. The standard InChI is InChI=1S/C14H17F2NO3S/c1-3-20-13(19)12-8(2)7-21-10(12)4-11(18)17-9-5-14(15,16)6-9/h7,9H,3-6H2,1-2H3,(H,17,18). The van der Waals surface area contributed by atoms with Gasteiger partial charge < -0.3 is 10.1 Å². The highest BCUT2D eigenvalue weighted by Gasteiger charge is 2.45. The van der Waals surface area contributed by atoms with Crippen molar-refractivity contribution in [2.24, 2.45) is 0 Å². The van der Waals surface area contributed by atoms with Crippen LogP contribution in [-0.4, -0.2) is 30.4 Å². The summed E-state index contributed by atoms with van der Waals surface area (Å²) in [5.74, 6) is -3.45. The lowest BCUT2D eigenvalue weighted by Gasteiger charge is -2.35. The molecular weight excluding hydrogens is 300 g/mol. The third-order valence-corrected chi connectivity index (χ3v) is 4.41. The van der Waals surface area contributed by atoms with Crippen LogP contribution in [0.5, 0.6) is 0 Å². The van der Waals surface area contributed by atoms with E-state index in [0.29, 0.717) is 10.4 Å². The average molecular weight is 317 g/mol. The molecule has 1 aliphatic rings. The van der Waals surface area contributed by atoms with Crippen LogP contribution in [0, 0.1) is 6.92 Å². The molecule has 7 heteroatoms. The fraction of sp³-hybridized carbons (Fsp3) is 0.571. The molecule has 116 valence electrons. The number of ether oxygens (including phenoxy) is 1. The fourth-order valence-corrected chi connectivity index (χ4v) is 3.31. The first kappa shape index (κ1) is 15.9. The van der Waals surface area contributed by atoms with Crippen molar-refractivity contribution in [1.29, 1.82) is 0 Å². The van der Waals surface area contributed by atoms with E-state index >= 15 is 0 Å². The molecule has 21 heavy (non-hydrogen) atoms. The molecule has 1 heterocycles. The number of hydrogen-bond acceptors (Lipinski definition) is 4. The Morgan fingerprint density at radius 2 is 2.14 bits per heavy atom. The number of carbonyl (C=O) groups excluding carboxylic acids is 2. The molecular formula is C14H17F2NO3S. The van der Waals surface area contributed by atoms with Crippen LogP contribution in [0.3, 0.4) is 0 Å². The molecule has 0 unspecified atom stereocenters. The maximum atomic E-state index is 12.7. The third kappa shape index (κ3) is 3.78. The summed E-state index contributed by atoms with van der Waals surface area (Å²) >= 11 is 1.30. The molecule has 2 rings (SSSR count). The van der Waals surface area contributed by atoms with E-state index < -0.39 is 17.9 Å². The van der Waals surface area contributed by atoms with E-state index in [1.54, 1.807) is 19.2 Å². The summed E-state index contributed by atoms with van der Waals surface area (Å²) in [7, 11) is 0. The zero-order valence-electron chi connectivity index (χ0n) is 11.9. The lowest BCUT2D eigenvalue weighted by Crippen LogP contribution is -2.50. The van der Waals surface area contributed by atoms with Crippen LogP contribution in [0.1, 0.15) is 40.6 Å². The second-order valence-electron chi connectivity index (χ2n) is 5.14. The van der Waals surface area contributed by atoms with Crippen LogP contribution in [0.25, 0.3) is 0 Å². The number of rotatable bonds is 5. The summed E-state index contributed by atoms with van der Waals surface area (Å²) in [6.07, 6.45) is -0.616. The molecule has 1 aliphatic carbocycles. The smallest absolute Gasteiger partial charge is 0.339 e. The average Bonchev–Trinajstić information content (AvgIpc) is 2.68. The van der Waals surface area contributed by atoms with Crippen molar-refractivity contribution >= 4 is 23.2 Å². The zero-order chi connectivity index (χ0) is 15.6. The molecule has 1 aromatic heterocycles. The maximum absolute atomic E-state index is 12.7. The van der Waals surface area contributed by atoms with Gasteiger partial charge in [-0.05, 0) is 24.8 Å². The molecule has 1 aromatic rings. The fourth-order valence-electron chi connectivity index (χ4n) is 2.29. The van der Waals surface area contributed by atoms with Gasteiger partial charge in [0.1, 0.15) is 0 Å². The van der Waals surface area contributed by atoms with E-state index in [4.69, 9.17) is 4.74 Å². The van der Waals surface area contributed by atoms with E-state index in [0.717, 1.165) is 5.56 Å². The summed E-state index contributed by atoms with van der Waals surface area (Å²) in [6, 6.07) is -0.473. The van der Waals surface area contributed by atoms with Crippen molar-refractivity contribution in [2.45, 2.75) is 45.1 Å². The molecule has 1 fully saturated rings. The quantitative estimate of drug-likeness (QED) is 0.850.